The van der Waals surface area contributed by atoms with Gasteiger partial charge in [-0.1, -0.05) is 0 Å². The zero-order valence-electron chi connectivity index (χ0n) is 10.6. The first kappa shape index (κ1) is 13.1. The van der Waals surface area contributed by atoms with E-state index in [1.54, 1.807) is 12.1 Å². The van der Waals surface area contributed by atoms with Crippen molar-refractivity contribution in [2.75, 3.05) is 11.4 Å². The van der Waals surface area contributed by atoms with Crippen molar-refractivity contribution in [3.8, 4) is 11.3 Å². The summed E-state index contributed by atoms with van der Waals surface area (Å²) in [4.78, 5) is 17.5. The molecule has 0 spiro atoms. The van der Waals surface area contributed by atoms with Crippen LogP contribution in [0.2, 0.25) is 0 Å². The molecule has 1 aliphatic rings. The quantitative estimate of drug-likeness (QED) is 0.945. The second kappa shape index (κ2) is 5.20. The minimum atomic E-state index is -0.805. The molecule has 4 nitrogen and oxygen atoms in total. The van der Waals surface area contributed by atoms with Crippen LogP contribution >= 0.6 is 11.3 Å². The molecule has 0 bridgehead atoms. The number of thiazole rings is 1. The van der Waals surface area contributed by atoms with Crippen molar-refractivity contribution in [3.05, 3.63) is 35.5 Å². The third kappa shape index (κ3) is 2.38. The van der Waals surface area contributed by atoms with Crippen LogP contribution in [0.15, 0.2) is 29.6 Å². The van der Waals surface area contributed by atoms with Gasteiger partial charge in [-0.3, -0.25) is 0 Å². The molecule has 0 saturated carbocycles. The largest absolute Gasteiger partial charge is 0.480 e. The highest BCUT2D eigenvalue weighted by Gasteiger charge is 2.32. The van der Waals surface area contributed by atoms with E-state index in [2.05, 4.69) is 4.98 Å². The lowest BCUT2D eigenvalue weighted by Crippen LogP contribution is -2.35. The SMILES string of the molecule is O=C(O)C1CCCN1c1nc(-c2ccc(F)cc2)cs1. The molecule has 1 unspecified atom stereocenters. The summed E-state index contributed by atoms with van der Waals surface area (Å²) in [5.74, 6) is -1.09. The number of halogens is 1. The molecule has 1 N–H and O–H groups in total. The van der Waals surface area contributed by atoms with E-state index >= 15 is 0 Å². The molecule has 0 aliphatic carbocycles. The van der Waals surface area contributed by atoms with Crippen LogP contribution in [0.1, 0.15) is 12.8 Å². The summed E-state index contributed by atoms with van der Waals surface area (Å²) in [5, 5.41) is 11.8. The summed E-state index contributed by atoms with van der Waals surface area (Å²) in [7, 11) is 0. The second-order valence-corrected chi connectivity index (χ2v) is 5.55. The van der Waals surface area contributed by atoms with Gasteiger partial charge in [0, 0.05) is 17.5 Å². The van der Waals surface area contributed by atoms with Gasteiger partial charge in [0.1, 0.15) is 11.9 Å². The Labute approximate surface area is 119 Å². The van der Waals surface area contributed by atoms with Gasteiger partial charge < -0.3 is 10.0 Å². The molecule has 3 rings (SSSR count). The van der Waals surface area contributed by atoms with Crippen LogP contribution in [0.4, 0.5) is 9.52 Å². The molecule has 6 heteroatoms. The Balaban J connectivity index is 1.86. The molecule has 1 atom stereocenters. The van der Waals surface area contributed by atoms with Crippen molar-refractivity contribution in [2.45, 2.75) is 18.9 Å². The summed E-state index contributed by atoms with van der Waals surface area (Å²) in [6.45, 7) is 0.716. The molecule has 104 valence electrons. The zero-order chi connectivity index (χ0) is 14.1. The van der Waals surface area contributed by atoms with Crippen LogP contribution in [0, 0.1) is 5.82 Å². The van der Waals surface area contributed by atoms with E-state index in [0.717, 1.165) is 17.7 Å². The van der Waals surface area contributed by atoms with Gasteiger partial charge in [-0.2, -0.15) is 0 Å². The first-order valence-electron chi connectivity index (χ1n) is 6.36. The number of nitrogens with zero attached hydrogens (tertiary/aromatic N) is 2. The fraction of sp³-hybridized carbons (Fsp3) is 0.286. The summed E-state index contributed by atoms with van der Waals surface area (Å²) in [6.07, 6.45) is 1.52. The molecular formula is C14H13FN2O2S. The average molecular weight is 292 g/mol. The topological polar surface area (TPSA) is 53.4 Å². The Morgan fingerprint density at radius 1 is 1.40 bits per heavy atom. The smallest absolute Gasteiger partial charge is 0.326 e. The van der Waals surface area contributed by atoms with E-state index in [9.17, 15) is 14.3 Å². The Hall–Kier alpha value is -1.95. The van der Waals surface area contributed by atoms with Gasteiger partial charge in [0.25, 0.3) is 0 Å². The van der Waals surface area contributed by atoms with Gasteiger partial charge in [0.2, 0.25) is 0 Å². The summed E-state index contributed by atoms with van der Waals surface area (Å²) < 4.78 is 12.9. The van der Waals surface area contributed by atoms with E-state index in [-0.39, 0.29) is 5.82 Å². The Morgan fingerprint density at radius 2 is 2.15 bits per heavy atom. The Kier molecular flexibility index (Phi) is 3.40. The number of hydrogen-bond acceptors (Lipinski definition) is 4. The summed E-state index contributed by atoms with van der Waals surface area (Å²) in [5.41, 5.74) is 1.58. The molecule has 1 aromatic carbocycles. The van der Waals surface area contributed by atoms with E-state index < -0.39 is 12.0 Å². The molecule has 1 aliphatic heterocycles. The molecule has 0 amide bonds. The van der Waals surface area contributed by atoms with Crippen molar-refractivity contribution in [2.24, 2.45) is 0 Å². The normalized spacial score (nSPS) is 18.4. The number of benzene rings is 1. The molecule has 2 heterocycles. The van der Waals surface area contributed by atoms with Crippen LogP contribution in [-0.4, -0.2) is 28.6 Å². The van der Waals surface area contributed by atoms with Crippen LogP contribution in [0.5, 0.6) is 0 Å². The fourth-order valence-electron chi connectivity index (χ4n) is 2.40. The number of carbonyl (C=O) groups is 1. The molecule has 0 radical (unpaired) electrons. The monoisotopic (exact) mass is 292 g/mol. The number of anilines is 1. The van der Waals surface area contributed by atoms with Crippen molar-refractivity contribution in [3.63, 3.8) is 0 Å². The minimum Gasteiger partial charge on any atom is -0.480 e. The first-order valence-corrected chi connectivity index (χ1v) is 7.24. The lowest BCUT2D eigenvalue weighted by molar-refractivity contribution is -0.138. The highest BCUT2D eigenvalue weighted by Crippen LogP contribution is 2.32. The fourth-order valence-corrected chi connectivity index (χ4v) is 3.31. The zero-order valence-corrected chi connectivity index (χ0v) is 11.4. The maximum Gasteiger partial charge on any atom is 0.326 e. The van der Waals surface area contributed by atoms with Gasteiger partial charge in [-0.25, -0.2) is 14.2 Å². The van der Waals surface area contributed by atoms with Crippen LogP contribution in [0.3, 0.4) is 0 Å². The van der Waals surface area contributed by atoms with Crippen molar-refractivity contribution < 1.29 is 14.3 Å². The minimum absolute atomic E-state index is 0.283. The van der Waals surface area contributed by atoms with Crippen molar-refractivity contribution in [1.82, 2.24) is 4.98 Å². The number of carboxylic acid groups (broad SMARTS) is 1. The number of rotatable bonds is 3. The first-order chi connectivity index (χ1) is 9.65. The Bertz CT molecular complexity index is 626. The maximum atomic E-state index is 12.9. The highest BCUT2D eigenvalue weighted by molar-refractivity contribution is 7.14. The predicted molar refractivity (Wildman–Crippen MR) is 75.5 cm³/mol. The van der Waals surface area contributed by atoms with E-state index in [1.165, 1.54) is 23.5 Å². The van der Waals surface area contributed by atoms with E-state index in [1.807, 2.05) is 10.3 Å². The van der Waals surface area contributed by atoms with Gasteiger partial charge in [0.15, 0.2) is 5.13 Å². The third-order valence-electron chi connectivity index (χ3n) is 3.42. The molecule has 1 saturated heterocycles. The van der Waals surface area contributed by atoms with Crippen LogP contribution in [-0.2, 0) is 4.79 Å². The number of hydrogen-bond donors (Lipinski definition) is 1. The third-order valence-corrected chi connectivity index (χ3v) is 4.29. The van der Waals surface area contributed by atoms with Crippen LogP contribution in [0.25, 0.3) is 11.3 Å². The molecule has 20 heavy (non-hydrogen) atoms. The van der Waals surface area contributed by atoms with Crippen LogP contribution < -0.4 is 4.90 Å². The van der Waals surface area contributed by atoms with E-state index in [4.69, 9.17) is 0 Å². The highest BCUT2D eigenvalue weighted by atomic mass is 32.1. The Morgan fingerprint density at radius 3 is 2.85 bits per heavy atom. The lowest BCUT2D eigenvalue weighted by Gasteiger charge is -2.19. The van der Waals surface area contributed by atoms with Gasteiger partial charge in [-0.05, 0) is 37.1 Å². The molecule has 1 fully saturated rings. The standard InChI is InChI=1S/C14H13FN2O2S/c15-10-5-3-9(4-6-10)11-8-20-14(16-11)17-7-1-2-12(17)13(18)19/h3-6,8,12H,1-2,7H2,(H,18,19). The number of carboxylic acids is 1. The van der Waals surface area contributed by atoms with Crippen molar-refractivity contribution >= 4 is 22.4 Å². The average Bonchev–Trinajstić information content (AvgIpc) is 3.08. The van der Waals surface area contributed by atoms with Gasteiger partial charge in [-0.15, -0.1) is 11.3 Å². The van der Waals surface area contributed by atoms with E-state index in [0.29, 0.717) is 18.1 Å². The molecule has 2 aromatic rings. The van der Waals surface area contributed by atoms with Gasteiger partial charge in [0.05, 0.1) is 5.69 Å². The maximum absolute atomic E-state index is 12.9. The summed E-state index contributed by atoms with van der Waals surface area (Å²) in [6, 6.07) is 5.65. The second-order valence-electron chi connectivity index (χ2n) is 4.71. The molecule has 1 aromatic heterocycles. The van der Waals surface area contributed by atoms with Gasteiger partial charge >= 0.3 is 5.97 Å². The lowest BCUT2D eigenvalue weighted by atomic mass is 10.2. The number of aliphatic carboxylic acids is 1. The number of aromatic nitrogens is 1. The predicted octanol–water partition coefficient (Wildman–Crippen LogP) is 3.00. The summed E-state index contributed by atoms with van der Waals surface area (Å²) >= 11 is 1.42. The molecular weight excluding hydrogens is 279 g/mol. The van der Waals surface area contributed by atoms with Crippen molar-refractivity contribution in [1.29, 1.82) is 0 Å².